The van der Waals surface area contributed by atoms with Gasteiger partial charge in [-0.3, -0.25) is 4.79 Å². The average molecular weight is 349 g/mol. The molecule has 0 aliphatic rings. The van der Waals surface area contributed by atoms with Crippen molar-refractivity contribution in [2.75, 3.05) is 13.2 Å². The smallest absolute Gasteiger partial charge is 0.270 e. The maximum Gasteiger partial charge on any atom is 0.270 e. The lowest BCUT2D eigenvalue weighted by atomic mass is 10.2. The van der Waals surface area contributed by atoms with E-state index in [1.165, 1.54) is 12.4 Å². The van der Waals surface area contributed by atoms with Crippen molar-refractivity contribution >= 4 is 5.91 Å². The fourth-order valence-electron chi connectivity index (χ4n) is 2.21. The van der Waals surface area contributed by atoms with Crippen LogP contribution < -0.4 is 14.8 Å². The van der Waals surface area contributed by atoms with Gasteiger partial charge in [0.2, 0.25) is 5.88 Å². The van der Waals surface area contributed by atoms with E-state index >= 15 is 0 Å². The first-order chi connectivity index (χ1) is 12.8. The molecule has 2 aromatic carbocycles. The number of aromatic nitrogens is 2. The molecular weight excluding hydrogens is 330 g/mol. The summed E-state index contributed by atoms with van der Waals surface area (Å²) in [5.41, 5.74) is 1.28. The molecule has 0 bridgehead atoms. The number of hydrogen-bond acceptors (Lipinski definition) is 5. The summed E-state index contributed by atoms with van der Waals surface area (Å²) in [4.78, 5) is 20.2. The van der Waals surface area contributed by atoms with Gasteiger partial charge in [-0.2, -0.15) is 0 Å². The first-order valence-electron chi connectivity index (χ1n) is 8.26. The van der Waals surface area contributed by atoms with Gasteiger partial charge in [0, 0.05) is 6.07 Å². The predicted octanol–water partition coefficient (Wildman–Crippen LogP) is 2.86. The van der Waals surface area contributed by atoms with Gasteiger partial charge in [-0.1, -0.05) is 48.5 Å². The Balaban J connectivity index is 1.46. The van der Waals surface area contributed by atoms with Crippen LogP contribution in [0.1, 0.15) is 16.1 Å². The third kappa shape index (κ3) is 5.31. The largest absolute Gasteiger partial charge is 0.492 e. The number of carbonyl (C=O) groups is 1. The topological polar surface area (TPSA) is 73.3 Å². The molecule has 3 aromatic rings. The molecule has 6 nitrogen and oxygen atoms in total. The van der Waals surface area contributed by atoms with Crippen LogP contribution in [0.2, 0.25) is 0 Å². The van der Waals surface area contributed by atoms with Crippen molar-refractivity contribution in [1.29, 1.82) is 0 Å². The van der Waals surface area contributed by atoms with E-state index in [1.807, 2.05) is 60.7 Å². The van der Waals surface area contributed by atoms with Crippen LogP contribution in [0.15, 0.2) is 73.1 Å². The van der Waals surface area contributed by atoms with E-state index in [9.17, 15) is 4.79 Å². The monoisotopic (exact) mass is 349 g/mol. The fraction of sp³-hybridized carbons (Fsp3) is 0.150. The number of ether oxygens (including phenoxy) is 2. The molecule has 0 radical (unpaired) electrons. The number of nitrogens with one attached hydrogen (secondary N) is 1. The number of hydrogen-bond donors (Lipinski definition) is 1. The highest BCUT2D eigenvalue weighted by molar-refractivity contribution is 5.92. The van der Waals surface area contributed by atoms with Crippen LogP contribution in [0.25, 0.3) is 0 Å². The molecule has 0 saturated carbocycles. The quantitative estimate of drug-likeness (QED) is 0.633. The normalized spacial score (nSPS) is 10.2. The number of benzene rings is 2. The van der Waals surface area contributed by atoms with E-state index in [0.29, 0.717) is 25.6 Å². The van der Waals surface area contributed by atoms with Crippen molar-refractivity contribution in [3.8, 4) is 11.6 Å². The maximum absolute atomic E-state index is 12.2. The lowest BCUT2D eigenvalue weighted by Crippen LogP contribution is -2.28. The molecule has 0 fully saturated rings. The molecule has 1 aromatic heterocycles. The summed E-state index contributed by atoms with van der Waals surface area (Å²) < 4.78 is 11.1. The Bertz CT molecular complexity index is 826. The van der Waals surface area contributed by atoms with E-state index in [-0.39, 0.29) is 11.6 Å². The van der Waals surface area contributed by atoms with Gasteiger partial charge in [-0.15, -0.1) is 0 Å². The lowest BCUT2D eigenvalue weighted by Gasteiger charge is -2.08. The number of carbonyl (C=O) groups excluding carboxylic acids is 1. The Morgan fingerprint density at radius 2 is 1.65 bits per heavy atom. The van der Waals surface area contributed by atoms with Crippen molar-refractivity contribution in [3.63, 3.8) is 0 Å². The molecule has 3 rings (SSSR count). The minimum atomic E-state index is -0.298. The van der Waals surface area contributed by atoms with Crippen molar-refractivity contribution in [3.05, 3.63) is 84.3 Å². The second-order valence-corrected chi connectivity index (χ2v) is 5.43. The van der Waals surface area contributed by atoms with Gasteiger partial charge in [0.15, 0.2) is 0 Å². The molecule has 6 heteroatoms. The van der Waals surface area contributed by atoms with Gasteiger partial charge in [0.05, 0.1) is 6.54 Å². The summed E-state index contributed by atoms with van der Waals surface area (Å²) >= 11 is 0. The van der Waals surface area contributed by atoms with Gasteiger partial charge in [-0.05, 0) is 17.7 Å². The third-order valence-corrected chi connectivity index (χ3v) is 3.50. The van der Waals surface area contributed by atoms with Gasteiger partial charge in [0.25, 0.3) is 5.91 Å². The maximum atomic E-state index is 12.2. The molecule has 1 heterocycles. The molecule has 0 spiro atoms. The molecule has 0 aliphatic carbocycles. The molecule has 26 heavy (non-hydrogen) atoms. The zero-order valence-electron chi connectivity index (χ0n) is 14.2. The standard InChI is InChI=1S/C20H19N3O3/c24-20(21-11-12-25-17-9-5-2-6-10-17)18-13-19(23-15-22-18)26-14-16-7-3-1-4-8-16/h1-10,13,15H,11-12,14H2,(H,21,24). The summed E-state index contributed by atoms with van der Waals surface area (Å²) in [5, 5.41) is 2.76. The summed E-state index contributed by atoms with van der Waals surface area (Å²) in [6.45, 7) is 1.12. The van der Waals surface area contributed by atoms with Crippen LogP contribution in [-0.2, 0) is 6.61 Å². The lowest BCUT2D eigenvalue weighted by molar-refractivity contribution is 0.0941. The van der Waals surface area contributed by atoms with Crippen LogP contribution in [0.3, 0.4) is 0 Å². The Morgan fingerprint density at radius 1 is 0.923 bits per heavy atom. The fourth-order valence-corrected chi connectivity index (χ4v) is 2.21. The highest BCUT2D eigenvalue weighted by Crippen LogP contribution is 2.10. The van der Waals surface area contributed by atoms with E-state index < -0.39 is 0 Å². The Hall–Kier alpha value is -3.41. The third-order valence-electron chi connectivity index (χ3n) is 3.50. The van der Waals surface area contributed by atoms with Crippen molar-refractivity contribution in [2.45, 2.75) is 6.61 Å². The minimum Gasteiger partial charge on any atom is -0.492 e. The number of amides is 1. The number of nitrogens with zero attached hydrogens (tertiary/aromatic N) is 2. The Kier molecular flexibility index (Phi) is 6.14. The summed E-state index contributed by atoms with van der Waals surface area (Å²) in [6.07, 6.45) is 1.32. The van der Waals surface area contributed by atoms with Crippen molar-refractivity contribution in [1.82, 2.24) is 15.3 Å². The van der Waals surface area contributed by atoms with Crippen LogP contribution in [0.4, 0.5) is 0 Å². The van der Waals surface area contributed by atoms with Crippen LogP contribution >= 0.6 is 0 Å². The van der Waals surface area contributed by atoms with Gasteiger partial charge in [-0.25, -0.2) is 9.97 Å². The first kappa shape index (κ1) is 17.4. The van der Waals surface area contributed by atoms with Crippen LogP contribution in [0, 0.1) is 0 Å². The minimum absolute atomic E-state index is 0.253. The number of rotatable bonds is 8. The first-order valence-corrected chi connectivity index (χ1v) is 8.26. The van der Waals surface area contributed by atoms with E-state index in [2.05, 4.69) is 15.3 Å². The van der Waals surface area contributed by atoms with E-state index in [4.69, 9.17) is 9.47 Å². The van der Waals surface area contributed by atoms with Crippen molar-refractivity contribution in [2.24, 2.45) is 0 Å². The highest BCUT2D eigenvalue weighted by atomic mass is 16.5. The average Bonchev–Trinajstić information content (AvgIpc) is 2.71. The second-order valence-electron chi connectivity index (χ2n) is 5.43. The zero-order chi connectivity index (χ0) is 18.0. The second kappa shape index (κ2) is 9.17. The summed E-state index contributed by atoms with van der Waals surface area (Å²) in [5.74, 6) is 0.823. The molecule has 1 N–H and O–H groups in total. The molecule has 0 atom stereocenters. The SMILES string of the molecule is O=C(NCCOc1ccccc1)c1cc(OCc2ccccc2)ncn1. The summed E-state index contributed by atoms with van der Waals surface area (Å²) in [6, 6.07) is 20.7. The highest BCUT2D eigenvalue weighted by Gasteiger charge is 2.09. The predicted molar refractivity (Wildman–Crippen MR) is 97.1 cm³/mol. The van der Waals surface area contributed by atoms with E-state index in [0.717, 1.165) is 11.3 Å². The Labute approximate surface area is 151 Å². The van der Waals surface area contributed by atoms with Gasteiger partial charge in [0.1, 0.15) is 31.0 Å². The van der Waals surface area contributed by atoms with Crippen LogP contribution in [0.5, 0.6) is 11.6 Å². The van der Waals surface area contributed by atoms with E-state index in [1.54, 1.807) is 0 Å². The molecule has 0 aliphatic heterocycles. The zero-order valence-corrected chi connectivity index (χ0v) is 14.2. The van der Waals surface area contributed by atoms with Crippen molar-refractivity contribution < 1.29 is 14.3 Å². The Morgan fingerprint density at radius 3 is 2.42 bits per heavy atom. The van der Waals surface area contributed by atoms with Gasteiger partial charge >= 0.3 is 0 Å². The molecule has 0 unspecified atom stereocenters. The van der Waals surface area contributed by atoms with Crippen LogP contribution in [-0.4, -0.2) is 29.0 Å². The molecular formula is C20H19N3O3. The molecule has 132 valence electrons. The van der Waals surface area contributed by atoms with Gasteiger partial charge < -0.3 is 14.8 Å². The number of para-hydroxylation sites is 1. The molecule has 0 saturated heterocycles. The molecule has 1 amide bonds. The summed E-state index contributed by atoms with van der Waals surface area (Å²) in [7, 11) is 0.